The molecule has 0 aliphatic carbocycles. The van der Waals surface area contributed by atoms with E-state index in [2.05, 4.69) is 14.9 Å². The quantitative estimate of drug-likeness (QED) is 0.791. The number of fused-ring (bicyclic) bond motifs is 2. The summed E-state index contributed by atoms with van der Waals surface area (Å²) < 4.78 is 27.4. The number of hydrogen-bond acceptors (Lipinski definition) is 5. The van der Waals surface area contributed by atoms with Crippen molar-refractivity contribution in [3.05, 3.63) is 42.2 Å². The lowest BCUT2D eigenvalue weighted by Gasteiger charge is -2.38. The van der Waals surface area contributed by atoms with Crippen LogP contribution in [0.15, 0.2) is 41.6 Å². The van der Waals surface area contributed by atoms with Crippen molar-refractivity contribution >= 4 is 15.9 Å². The number of amides is 1. The molecule has 2 aliphatic heterocycles. The van der Waals surface area contributed by atoms with E-state index >= 15 is 0 Å². The van der Waals surface area contributed by atoms with Crippen LogP contribution in [0.3, 0.4) is 0 Å². The molecule has 8 nitrogen and oxygen atoms in total. The first-order chi connectivity index (χ1) is 13.4. The van der Waals surface area contributed by atoms with E-state index in [9.17, 15) is 13.2 Å². The Hall–Kier alpha value is -2.26. The maximum atomic E-state index is 12.8. The molecule has 2 aliphatic rings. The highest BCUT2D eigenvalue weighted by Crippen LogP contribution is 2.40. The first-order valence-corrected chi connectivity index (χ1v) is 11.2. The van der Waals surface area contributed by atoms with Gasteiger partial charge in [0.2, 0.25) is 15.9 Å². The minimum absolute atomic E-state index is 0.0197. The maximum Gasteiger partial charge on any atom is 0.240 e. The molecule has 1 aromatic heterocycles. The Bertz CT molecular complexity index is 930. The Morgan fingerprint density at radius 3 is 2.46 bits per heavy atom. The van der Waals surface area contributed by atoms with E-state index < -0.39 is 10.0 Å². The zero-order chi connectivity index (χ0) is 19.7. The number of rotatable bonds is 6. The number of carbonyl (C=O) groups is 1. The summed E-state index contributed by atoms with van der Waals surface area (Å²) in [5.41, 5.74) is 0.880. The first kappa shape index (κ1) is 19.1. The Morgan fingerprint density at radius 2 is 1.82 bits per heavy atom. The fraction of sp³-hybridized carbons (Fsp3) is 0.526. The van der Waals surface area contributed by atoms with E-state index in [4.69, 9.17) is 0 Å². The first-order valence-electron chi connectivity index (χ1n) is 9.67. The van der Waals surface area contributed by atoms with Gasteiger partial charge in [-0.05, 0) is 50.3 Å². The van der Waals surface area contributed by atoms with Gasteiger partial charge in [-0.15, -0.1) is 0 Å². The molecule has 1 amide bonds. The van der Waals surface area contributed by atoms with Gasteiger partial charge < -0.3 is 4.90 Å². The van der Waals surface area contributed by atoms with Crippen LogP contribution >= 0.6 is 0 Å². The molecule has 150 valence electrons. The summed E-state index contributed by atoms with van der Waals surface area (Å²) in [4.78, 5) is 16.7. The summed E-state index contributed by atoms with van der Waals surface area (Å²) in [7, 11) is -3.60. The number of hydrogen-bond donors (Lipinski definition) is 1. The lowest BCUT2D eigenvalue weighted by Crippen LogP contribution is -2.47. The molecule has 2 aromatic rings. The van der Waals surface area contributed by atoms with Gasteiger partial charge >= 0.3 is 0 Å². The molecule has 2 bridgehead atoms. The molecule has 28 heavy (non-hydrogen) atoms. The maximum absolute atomic E-state index is 12.8. The number of benzene rings is 1. The highest BCUT2D eigenvalue weighted by atomic mass is 32.2. The summed E-state index contributed by atoms with van der Waals surface area (Å²) in [6.45, 7) is 1.95. The van der Waals surface area contributed by atoms with E-state index in [-0.39, 0.29) is 41.9 Å². The van der Waals surface area contributed by atoms with Crippen LogP contribution in [-0.4, -0.2) is 52.8 Å². The zero-order valence-corrected chi connectivity index (χ0v) is 16.7. The van der Waals surface area contributed by atoms with Crippen LogP contribution in [0.5, 0.6) is 0 Å². The minimum Gasteiger partial charge on any atom is -0.337 e. The van der Waals surface area contributed by atoms with Gasteiger partial charge in [0.05, 0.1) is 23.3 Å². The second kappa shape index (κ2) is 7.63. The average molecular weight is 404 g/mol. The van der Waals surface area contributed by atoms with Gasteiger partial charge in [-0.25, -0.2) is 13.1 Å². The van der Waals surface area contributed by atoms with E-state index in [1.165, 1.54) is 0 Å². The van der Waals surface area contributed by atoms with Crippen molar-refractivity contribution in [1.82, 2.24) is 24.6 Å². The molecule has 1 aromatic carbocycles. The lowest BCUT2D eigenvalue weighted by atomic mass is 9.97. The Morgan fingerprint density at radius 1 is 1.14 bits per heavy atom. The predicted octanol–water partition coefficient (Wildman–Crippen LogP) is 1.65. The van der Waals surface area contributed by atoms with E-state index in [1.807, 2.05) is 17.9 Å². The standard InChI is InChI=1S/C19H25N5O3S/c1-14-3-2-4-18(11-14)28(26,27)22-8-7-19(25)23-15-5-6-16(23)13-17(12-15)24-20-9-10-21-24/h2-4,9-11,15-17,22H,5-8,12-13H2,1H3. The summed E-state index contributed by atoms with van der Waals surface area (Å²) >= 11 is 0. The molecular formula is C19H25N5O3S. The summed E-state index contributed by atoms with van der Waals surface area (Å²) in [5.74, 6) is 0.0197. The van der Waals surface area contributed by atoms with Crippen molar-refractivity contribution in [2.24, 2.45) is 0 Å². The largest absolute Gasteiger partial charge is 0.337 e. The van der Waals surface area contributed by atoms with E-state index in [0.717, 1.165) is 31.2 Å². The molecule has 2 atom stereocenters. The molecule has 2 unspecified atom stereocenters. The van der Waals surface area contributed by atoms with Crippen molar-refractivity contribution in [3.63, 3.8) is 0 Å². The van der Waals surface area contributed by atoms with Gasteiger partial charge in [-0.1, -0.05) is 12.1 Å². The molecule has 0 radical (unpaired) electrons. The lowest BCUT2D eigenvalue weighted by molar-refractivity contribution is -0.136. The zero-order valence-electron chi connectivity index (χ0n) is 15.9. The van der Waals surface area contributed by atoms with E-state index in [1.54, 1.807) is 35.4 Å². The molecule has 0 saturated carbocycles. The normalized spacial score (nSPS) is 24.5. The van der Waals surface area contributed by atoms with Crippen LogP contribution in [0.1, 0.15) is 43.7 Å². The molecule has 2 saturated heterocycles. The van der Waals surface area contributed by atoms with Gasteiger partial charge in [-0.2, -0.15) is 15.0 Å². The number of nitrogens with zero attached hydrogens (tertiary/aromatic N) is 4. The average Bonchev–Trinajstić information content (AvgIpc) is 3.28. The minimum atomic E-state index is -3.60. The van der Waals surface area contributed by atoms with Crippen LogP contribution in [0.2, 0.25) is 0 Å². The third-order valence-corrected chi connectivity index (χ3v) is 7.15. The highest BCUT2D eigenvalue weighted by Gasteiger charge is 2.43. The number of carbonyl (C=O) groups excluding carboxylic acids is 1. The van der Waals surface area contributed by atoms with Crippen molar-refractivity contribution in [2.75, 3.05) is 6.54 Å². The van der Waals surface area contributed by atoms with Crippen LogP contribution in [0, 0.1) is 6.92 Å². The number of piperidine rings is 1. The second-order valence-corrected chi connectivity index (χ2v) is 9.39. The van der Waals surface area contributed by atoms with Crippen LogP contribution < -0.4 is 4.72 Å². The molecule has 0 spiro atoms. The van der Waals surface area contributed by atoms with Crippen molar-refractivity contribution in [1.29, 1.82) is 0 Å². The third-order valence-electron chi connectivity index (χ3n) is 5.69. The number of aromatic nitrogens is 3. The fourth-order valence-electron chi connectivity index (χ4n) is 4.45. The summed E-state index contributed by atoms with van der Waals surface area (Å²) in [6.07, 6.45) is 7.21. The SMILES string of the molecule is Cc1cccc(S(=O)(=O)NCCC(=O)N2C3CCC2CC(n2nccn2)C3)c1. The Balaban J connectivity index is 1.33. The van der Waals surface area contributed by atoms with Crippen molar-refractivity contribution in [3.8, 4) is 0 Å². The monoisotopic (exact) mass is 403 g/mol. The van der Waals surface area contributed by atoms with Gasteiger partial charge in [-0.3, -0.25) is 4.79 Å². The van der Waals surface area contributed by atoms with Gasteiger partial charge in [0, 0.05) is 25.0 Å². The number of aryl methyl sites for hydroxylation is 1. The molecular weight excluding hydrogens is 378 g/mol. The van der Waals surface area contributed by atoms with Gasteiger partial charge in [0.1, 0.15) is 0 Å². The second-order valence-electron chi connectivity index (χ2n) is 7.62. The predicted molar refractivity (Wildman–Crippen MR) is 103 cm³/mol. The van der Waals surface area contributed by atoms with Gasteiger partial charge in [0.25, 0.3) is 0 Å². The Kier molecular flexibility index (Phi) is 5.20. The van der Waals surface area contributed by atoms with Crippen LogP contribution in [0.4, 0.5) is 0 Å². The van der Waals surface area contributed by atoms with Crippen molar-refractivity contribution < 1.29 is 13.2 Å². The smallest absolute Gasteiger partial charge is 0.240 e. The van der Waals surface area contributed by atoms with Crippen LogP contribution in [0.25, 0.3) is 0 Å². The fourth-order valence-corrected chi connectivity index (χ4v) is 5.58. The summed E-state index contributed by atoms with van der Waals surface area (Å²) in [6, 6.07) is 7.36. The molecule has 4 rings (SSSR count). The summed E-state index contributed by atoms with van der Waals surface area (Å²) in [5, 5.41) is 8.49. The van der Waals surface area contributed by atoms with Gasteiger partial charge in [0.15, 0.2) is 0 Å². The van der Waals surface area contributed by atoms with E-state index in [0.29, 0.717) is 0 Å². The third kappa shape index (κ3) is 3.81. The molecule has 9 heteroatoms. The van der Waals surface area contributed by atoms with Crippen LogP contribution in [-0.2, 0) is 14.8 Å². The number of nitrogens with one attached hydrogen (secondary N) is 1. The Labute approximate surface area is 165 Å². The molecule has 1 N–H and O–H groups in total. The number of sulfonamides is 1. The molecule has 2 fully saturated rings. The molecule has 3 heterocycles. The topological polar surface area (TPSA) is 97.2 Å². The van der Waals surface area contributed by atoms with Crippen molar-refractivity contribution in [2.45, 2.75) is 62.0 Å². The highest BCUT2D eigenvalue weighted by molar-refractivity contribution is 7.89.